The molecule has 0 aliphatic rings. The van der Waals surface area contributed by atoms with Gasteiger partial charge < -0.3 is 10.2 Å². The quantitative estimate of drug-likeness (QED) is 0.439. The number of nitrogens with zero attached hydrogens (tertiary/aromatic N) is 2. The van der Waals surface area contributed by atoms with Crippen LogP contribution in [0.4, 0.5) is 5.69 Å². The van der Waals surface area contributed by atoms with Gasteiger partial charge in [-0.25, -0.2) is 8.42 Å². The number of amides is 2. The number of hydrogen-bond acceptors (Lipinski definition) is 4. The standard InChI is InChI=1S/C24H30Cl3N3O4S/c1-6-21(24(32)28-15(2)3)29(13-17-19(26)10-7-11-20(17)27)23(31)14-30(35(5,33)34)22-12-8-9-18(25)16(22)4/h7-12,15,21H,6,13-14H2,1-5H3,(H,28,32)/t21-/m1/s1. The first-order valence-electron chi connectivity index (χ1n) is 11.0. The normalized spacial score (nSPS) is 12.4. The molecule has 192 valence electrons. The predicted molar refractivity (Wildman–Crippen MR) is 143 cm³/mol. The molecule has 0 aromatic heterocycles. The van der Waals surface area contributed by atoms with Gasteiger partial charge in [0.25, 0.3) is 0 Å². The Labute approximate surface area is 222 Å². The summed E-state index contributed by atoms with van der Waals surface area (Å²) in [7, 11) is -3.87. The smallest absolute Gasteiger partial charge is 0.244 e. The summed E-state index contributed by atoms with van der Waals surface area (Å²) in [6.45, 7) is 6.46. The molecule has 7 nitrogen and oxygen atoms in total. The molecule has 2 amide bonds. The van der Waals surface area contributed by atoms with E-state index in [-0.39, 0.29) is 24.2 Å². The zero-order chi connectivity index (χ0) is 26.5. The van der Waals surface area contributed by atoms with Crippen molar-refractivity contribution < 1.29 is 18.0 Å². The minimum absolute atomic E-state index is 0.0759. The lowest BCUT2D eigenvalue weighted by Gasteiger charge is -2.34. The van der Waals surface area contributed by atoms with E-state index in [2.05, 4.69) is 5.32 Å². The summed E-state index contributed by atoms with van der Waals surface area (Å²) in [6.07, 6.45) is 1.31. The van der Waals surface area contributed by atoms with E-state index in [1.807, 2.05) is 13.8 Å². The fourth-order valence-electron chi connectivity index (χ4n) is 3.61. The second kappa shape index (κ2) is 12.3. The Hall–Kier alpha value is -2.00. The van der Waals surface area contributed by atoms with Crippen LogP contribution < -0.4 is 9.62 Å². The Morgan fingerprint density at radius 3 is 2.06 bits per heavy atom. The molecule has 1 atom stereocenters. The molecule has 0 saturated carbocycles. The SMILES string of the molecule is CC[C@H](C(=O)NC(C)C)N(Cc1c(Cl)cccc1Cl)C(=O)CN(c1cccc(Cl)c1C)S(C)(=O)=O. The van der Waals surface area contributed by atoms with E-state index in [0.29, 0.717) is 32.6 Å². The number of halogens is 3. The first-order chi connectivity index (χ1) is 16.3. The topological polar surface area (TPSA) is 86.8 Å². The molecule has 0 aliphatic carbocycles. The van der Waals surface area contributed by atoms with Gasteiger partial charge in [-0.2, -0.15) is 0 Å². The highest BCUT2D eigenvalue weighted by molar-refractivity contribution is 7.92. The van der Waals surface area contributed by atoms with E-state index < -0.39 is 28.5 Å². The van der Waals surface area contributed by atoms with Gasteiger partial charge in [0.15, 0.2) is 0 Å². The predicted octanol–water partition coefficient (Wildman–Crippen LogP) is 5.05. The zero-order valence-electron chi connectivity index (χ0n) is 20.3. The van der Waals surface area contributed by atoms with Gasteiger partial charge in [-0.1, -0.05) is 53.9 Å². The highest BCUT2D eigenvalue weighted by atomic mass is 35.5. The molecule has 1 N–H and O–H groups in total. The minimum Gasteiger partial charge on any atom is -0.352 e. The van der Waals surface area contributed by atoms with Gasteiger partial charge in [-0.05, 0) is 57.0 Å². The average molecular weight is 563 g/mol. The molecular formula is C24H30Cl3N3O4S. The van der Waals surface area contributed by atoms with Crippen molar-refractivity contribution in [3.8, 4) is 0 Å². The summed E-state index contributed by atoms with van der Waals surface area (Å²) in [5, 5.41) is 3.86. The van der Waals surface area contributed by atoms with E-state index in [1.54, 1.807) is 50.2 Å². The molecule has 0 heterocycles. The third-order valence-corrected chi connectivity index (χ3v) is 7.64. The van der Waals surface area contributed by atoms with Crippen molar-refractivity contribution in [1.82, 2.24) is 10.2 Å². The third-order valence-electron chi connectivity index (χ3n) is 5.39. The monoisotopic (exact) mass is 561 g/mol. The van der Waals surface area contributed by atoms with Crippen LogP contribution in [0.25, 0.3) is 0 Å². The Bertz CT molecular complexity index is 1170. The molecule has 0 radical (unpaired) electrons. The summed E-state index contributed by atoms with van der Waals surface area (Å²) in [4.78, 5) is 28.1. The molecule has 0 bridgehead atoms. The molecule has 2 rings (SSSR count). The molecule has 0 spiro atoms. The van der Waals surface area contributed by atoms with Gasteiger partial charge in [0.05, 0.1) is 11.9 Å². The van der Waals surface area contributed by atoms with Crippen LogP contribution in [0, 0.1) is 6.92 Å². The number of anilines is 1. The number of rotatable bonds is 10. The second-order valence-corrected chi connectivity index (χ2v) is 11.6. The van der Waals surface area contributed by atoms with E-state index in [9.17, 15) is 18.0 Å². The van der Waals surface area contributed by atoms with Crippen molar-refractivity contribution >= 4 is 62.3 Å². The maximum Gasteiger partial charge on any atom is 0.244 e. The van der Waals surface area contributed by atoms with E-state index in [4.69, 9.17) is 34.8 Å². The van der Waals surface area contributed by atoms with Crippen LogP contribution in [-0.4, -0.2) is 50.0 Å². The number of carbonyl (C=O) groups is 2. The maximum atomic E-state index is 13.7. The van der Waals surface area contributed by atoms with Gasteiger partial charge in [0.1, 0.15) is 12.6 Å². The van der Waals surface area contributed by atoms with Crippen molar-refractivity contribution in [2.24, 2.45) is 0 Å². The maximum absolute atomic E-state index is 13.7. The van der Waals surface area contributed by atoms with Gasteiger partial charge >= 0.3 is 0 Å². The van der Waals surface area contributed by atoms with Gasteiger partial charge in [-0.15, -0.1) is 0 Å². The van der Waals surface area contributed by atoms with Crippen LogP contribution in [0.5, 0.6) is 0 Å². The summed E-state index contributed by atoms with van der Waals surface area (Å²) in [6, 6.07) is 8.75. The lowest BCUT2D eigenvalue weighted by atomic mass is 10.1. The number of benzene rings is 2. The molecule has 0 saturated heterocycles. The van der Waals surface area contributed by atoms with Crippen LogP contribution in [0.2, 0.25) is 15.1 Å². The van der Waals surface area contributed by atoms with Crippen LogP contribution >= 0.6 is 34.8 Å². The molecule has 0 fully saturated rings. The highest BCUT2D eigenvalue weighted by Gasteiger charge is 2.33. The summed E-state index contributed by atoms with van der Waals surface area (Å²) in [5.74, 6) is -0.944. The molecular weight excluding hydrogens is 533 g/mol. The number of carbonyl (C=O) groups excluding carboxylic acids is 2. The van der Waals surface area contributed by atoms with E-state index in [1.165, 1.54) is 4.90 Å². The lowest BCUT2D eigenvalue weighted by Crippen LogP contribution is -2.53. The largest absolute Gasteiger partial charge is 0.352 e. The zero-order valence-corrected chi connectivity index (χ0v) is 23.4. The number of hydrogen-bond donors (Lipinski definition) is 1. The minimum atomic E-state index is -3.87. The molecule has 2 aromatic carbocycles. The molecule has 35 heavy (non-hydrogen) atoms. The van der Waals surface area contributed by atoms with Crippen molar-refractivity contribution in [3.05, 3.63) is 62.6 Å². The molecule has 11 heteroatoms. The lowest BCUT2D eigenvalue weighted by molar-refractivity contribution is -0.140. The van der Waals surface area contributed by atoms with E-state index in [0.717, 1.165) is 10.6 Å². The Morgan fingerprint density at radius 1 is 1.00 bits per heavy atom. The van der Waals surface area contributed by atoms with Gasteiger partial charge in [0.2, 0.25) is 21.8 Å². The number of sulfonamides is 1. The molecule has 2 aromatic rings. The molecule has 0 aliphatic heterocycles. The van der Waals surface area contributed by atoms with Gasteiger partial charge in [-0.3, -0.25) is 13.9 Å². The summed E-state index contributed by atoms with van der Waals surface area (Å²) >= 11 is 18.9. The Balaban J connectivity index is 2.55. The van der Waals surface area contributed by atoms with Crippen LogP contribution in [0.15, 0.2) is 36.4 Å². The van der Waals surface area contributed by atoms with Crippen LogP contribution in [-0.2, 0) is 26.2 Å². The van der Waals surface area contributed by atoms with Crippen molar-refractivity contribution in [1.29, 1.82) is 0 Å². The van der Waals surface area contributed by atoms with Crippen LogP contribution in [0.1, 0.15) is 38.3 Å². The number of nitrogens with one attached hydrogen (secondary N) is 1. The fourth-order valence-corrected chi connectivity index (χ4v) is 5.20. The average Bonchev–Trinajstić information content (AvgIpc) is 2.74. The third kappa shape index (κ3) is 7.49. The Kier molecular flexibility index (Phi) is 10.3. The van der Waals surface area contributed by atoms with Crippen LogP contribution in [0.3, 0.4) is 0 Å². The van der Waals surface area contributed by atoms with Crippen molar-refractivity contribution in [2.45, 2.75) is 52.7 Å². The first-order valence-corrected chi connectivity index (χ1v) is 14.0. The van der Waals surface area contributed by atoms with E-state index >= 15 is 0 Å². The van der Waals surface area contributed by atoms with Crippen molar-refractivity contribution in [2.75, 3.05) is 17.1 Å². The fraction of sp³-hybridized carbons (Fsp3) is 0.417. The second-order valence-electron chi connectivity index (χ2n) is 8.46. The Morgan fingerprint density at radius 2 is 1.54 bits per heavy atom. The highest BCUT2D eigenvalue weighted by Crippen LogP contribution is 2.30. The van der Waals surface area contributed by atoms with Gasteiger partial charge in [0, 0.05) is 33.2 Å². The summed E-state index contributed by atoms with van der Waals surface area (Å²) < 4.78 is 26.4. The van der Waals surface area contributed by atoms with Crippen molar-refractivity contribution in [3.63, 3.8) is 0 Å². The molecule has 0 unspecified atom stereocenters. The summed E-state index contributed by atoms with van der Waals surface area (Å²) in [5.41, 5.74) is 1.26. The first kappa shape index (κ1) is 29.2.